The molecule has 94 valence electrons. The molecule has 1 saturated carbocycles. The third kappa shape index (κ3) is 1.58. The zero-order chi connectivity index (χ0) is 12.9. The van der Waals surface area contributed by atoms with Crippen LogP contribution in [0.15, 0.2) is 24.3 Å². The lowest BCUT2D eigenvalue weighted by atomic mass is 10.1. The van der Waals surface area contributed by atoms with Crippen molar-refractivity contribution >= 4 is 11.9 Å². The molecule has 1 amide bonds. The molecule has 1 aromatic rings. The molecule has 1 N–H and O–H groups in total. The Labute approximate surface area is 103 Å². The highest BCUT2D eigenvalue weighted by Crippen LogP contribution is 2.49. The van der Waals surface area contributed by atoms with Crippen LogP contribution in [0.5, 0.6) is 0 Å². The second-order valence-electron chi connectivity index (χ2n) is 4.88. The van der Waals surface area contributed by atoms with Gasteiger partial charge < -0.3 is 10.0 Å². The van der Waals surface area contributed by atoms with Crippen LogP contribution in [0.2, 0.25) is 0 Å². The van der Waals surface area contributed by atoms with Crippen LogP contribution >= 0.6 is 0 Å². The summed E-state index contributed by atoms with van der Waals surface area (Å²) in [5, 5.41) is 9.16. The van der Waals surface area contributed by atoms with Crippen molar-refractivity contribution in [3.8, 4) is 0 Å². The Morgan fingerprint density at radius 3 is 2.72 bits per heavy atom. The molecule has 2 aliphatic rings. The number of halogens is 1. The van der Waals surface area contributed by atoms with E-state index in [4.69, 9.17) is 5.11 Å². The molecule has 3 rings (SSSR count). The van der Waals surface area contributed by atoms with Crippen molar-refractivity contribution in [1.29, 1.82) is 0 Å². The highest BCUT2D eigenvalue weighted by Gasteiger charge is 2.57. The number of likely N-dealkylation sites (tertiary alicyclic amines) is 1. The lowest BCUT2D eigenvalue weighted by Gasteiger charge is -2.24. The number of carbonyl (C=O) groups excluding carboxylic acids is 1. The van der Waals surface area contributed by atoms with Gasteiger partial charge in [0.05, 0.1) is 5.56 Å². The van der Waals surface area contributed by atoms with Gasteiger partial charge in [-0.05, 0) is 30.4 Å². The van der Waals surface area contributed by atoms with Gasteiger partial charge in [-0.3, -0.25) is 4.79 Å². The number of fused-ring (bicyclic) bond motifs is 1. The van der Waals surface area contributed by atoms with Gasteiger partial charge in [-0.15, -0.1) is 0 Å². The summed E-state index contributed by atoms with van der Waals surface area (Å²) < 4.78 is 13.5. The summed E-state index contributed by atoms with van der Waals surface area (Å²) in [4.78, 5) is 24.6. The van der Waals surface area contributed by atoms with E-state index in [0.29, 0.717) is 6.54 Å². The van der Waals surface area contributed by atoms with Crippen LogP contribution in [0.1, 0.15) is 16.8 Å². The number of rotatable bonds is 2. The first-order valence-corrected chi connectivity index (χ1v) is 5.88. The van der Waals surface area contributed by atoms with E-state index in [1.54, 1.807) is 6.07 Å². The van der Waals surface area contributed by atoms with Gasteiger partial charge in [0.1, 0.15) is 11.9 Å². The second-order valence-corrected chi connectivity index (χ2v) is 4.88. The van der Waals surface area contributed by atoms with Crippen molar-refractivity contribution in [3.05, 3.63) is 35.6 Å². The molecule has 18 heavy (non-hydrogen) atoms. The fourth-order valence-corrected chi connectivity index (χ4v) is 2.78. The zero-order valence-corrected chi connectivity index (χ0v) is 9.54. The minimum absolute atomic E-state index is 0.0509. The average molecular weight is 249 g/mol. The first-order chi connectivity index (χ1) is 8.59. The van der Waals surface area contributed by atoms with Crippen molar-refractivity contribution < 1.29 is 19.1 Å². The van der Waals surface area contributed by atoms with E-state index in [1.807, 2.05) is 0 Å². The van der Waals surface area contributed by atoms with E-state index >= 15 is 0 Å². The van der Waals surface area contributed by atoms with Gasteiger partial charge in [0, 0.05) is 6.54 Å². The maximum Gasteiger partial charge on any atom is 0.326 e. The average Bonchev–Trinajstić information content (AvgIpc) is 2.99. The number of aliphatic carboxylic acids is 1. The van der Waals surface area contributed by atoms with E-state index in [-0.39, 0.29) is 17.4 Å². The molecule has 2 fully saturated rings. The van der Waals surface area contributed by atoms with E-state index in [9.17, 15) is 14.0 Å². The van der Waals surface area contributed by atoms with Gasteiger partial charge in [-0.1, -0.05) is 12.1 Å². The number of carbonyl (C=O) groups is 2. The normalized spacial score (nSPS) is 28.9. The lowest BCUT2D eigenvalue weighted by Crippen LogP contribution is -2.43. The quantitative estimate of drug-likeness (QED) is 0.861. The summed E-state index contributed by atoms with van der Waals surface area (Å²) in [5.74, 6) is -1.79. The Kier molecular flexibility index (Phi) is 2.36. The van der Waals surface area contributed by atoms with Crippen molar-refractivity contribution in [2.45, 2.75) is 12.5 Å². The van der Waals surface area contributed by atoms with Gasteiger partial charge in [-0.2, -0.15) is 0 Å². The molecule has 3 atom stereocenters. The number of amides is 1. The van der Waals surface area contributed by atoms with Crippen molar-refractivity contribution in [2.75, 3.05) is 6.54 Å². The molecule has 0 unspecified atom stereocenters. The van der Waals surface area contributed by atoms with Crippen LogP contribution in [0.25, 0.3) is 0 Å². The predicted molar refractivity (Wildman–Crippen MR) is 60.5 cm³/mol. The summed E-state index contributed by atoms with van der Waals surface area (Å²) in [7, 11) is 0. The number of carboxylic acid groups (broad SMARTS) is 1. The summed E-state index contributed by atoms with van der Waals surface area (Å²) >= 11 is 0. The third-order valence-electron chi connectivity index (χ3n) is 3.77. The summed E-state index contributed by atoms with van der Waals surface area (Å²) in [5.41, 5.74) is -0.0509. The van der Waals surface area contributed by atoms with Gasteiger partial charge in [0.15, 0.2) is 0 Å². The Bertz CT molecular complexity index is 531. The smallest absolute Gasteiger partial charge is 0.326 e. The molecular formula is C13H12FNO3. The molecule has 0 radical (unpaired) electrons. The fraction of sp³-hybridized carbons (Fsp3) is 0.385. The van der Waals surface area contributed by atoms with E-state index in [2.05, 4.69) is 0 Å². The van der Waals surface area contributed by atoms with E-state index in [0.717, 1.165) is 6.42 Å². The maximum atomic E-state index is 13.5. The second kappa shape index (κ2) is 3.80. The van der Waals surface area contributed by atoms with Gasteiger partial charge in [0.2, 0.25) is 0 Å². The number of hydrogen-bond donors (Lipinski definition) is 1. The van der Waals surface area contributed by atoms with Gasteiger partial charge in [0.25, 0.3) is 5.91 Å². The molecule has 4 nitrogen and oxygen atoms in total. The summed E-state index contributed by atoms with van der Waals surface area (Å²) in [6.45, 7) is 0.425. The van der Waals surface area contributed by atoms with Crippen LogP contribution in [0.3, 0.4) is 0 Å². The van der Waals surface area contributed by atoms with E-state index in [1.165, 1.54) is 23.1 Å². The van der Waals surface area contributed by atoms with Crippen molar-refractivity contribution in [2.24, 2.45) is 11.8 Å². The Balaban J connectivity index is 1.89. The van der Waals surface area contributed by atoms with Gasteiger partial charge in [-0.25, -0.2) is 9.18 Å². The first-order valence-electron chi connectivity index (χ1n) is 5.88. The lowest BCUT2D eigenvalue weighted by molar-refractivity contribution is -0.142. The molecule has 0 bridgehead atoms. The molecule has 1 saturated heterocycles. The first kappa shape index (κ1) is 11.2. The van der Waals surface area contributed by atoms with Crippen molar-refractivity contribution in [3.63, 3.8) is 0 Å². The third-order valence-corrected chi connectivity index (χ3v) is 3.77. The van der Waals surface area contributed by atoms with Gasteiger partial charge >= 0.3 is 5.97 Å². The molecule has 0 spiro atoms. The molecule has 1 aromatic carbocycles. The highest BCUT2D eigenvalue weighted by molar-refractivity contribution is 5.97. The molecule has 1 aliphatic carbocycles. The van der Waals surface area contributed by atoms with Crippen LogP contribution in [0, 0.1) is 17.7 Å². The SMILES string of the molecule is O=C(O)[C@@H]1[C@H]2C[C@H]2CN1C(=O)c1ccccc1F. The number of benzene rings is 1. The maximum absolute atomic E-state index is 13.5. The topological polar surface area (TPSA) is 57.6 Å². The van der Waals surface area contributed by atoms with Crippen LogP contribution in [0.4, 0.5) is 4.39 Å². The monoisotopic (exact) mass is 249 g/mol. The molecule has 0 aromatic heterocycles. The van der Waals surface area contributed by atoms with E-state index < -0.39 is 23.7 Å². The Morgan fingerprint density at radius 1 is 1.33 bits per heavy atom. The Hall–Kier alpha value is -1.91. The largest absolute Gasteiger partial charge is 0.480 e. The number of piperidine rings is 1. The molecule has 5 heteroatoms. The standard InChI is InChI=1S/C13H12FNO3/c14-10-4-2-1-3-8(10)12(16)15-6-7-5-9(7)11(15)13(17)18/h1-4,7,9,11H,5-6H2,(H,17,18)/t7-,9-,11-/m0/s1. The molecular weight excluding hydrogens is 237 g/mol. The minimum atomic E-state index is -0.996. The fourth-order valence-electron chi connectivity index (χ4n) is 2.78. The molecule has 1 aliphatic heterocycles. The summed E-state index contributed by atoms with van der Waals surface area (Å²) in [6.07, 6.45) is 0.859. The van der Waals surface area contributed by atoms with Crippen LogP contribution in [-0.4, -0.2) is 34.5 Å². The van der Waals surface area contributed by atoms with Crippen LogP contribution in [-0.2, 0) is 4.79 Å². The number of nitrogens with zero attached hydrogens (tertiary/aromatic N) is 1. The minimum Gasteiger partial charge on any atom is -0.480 e. The molecule has 1 heterocycles. The van der Waals surface area contributed by atoms with Crippen LogP contribution < -0.4 is 0 Å². The highest BCUT2D eigenvalue weighted by atomic mass is 19.1. The zero-order valence-electron chi connectivity index (χ0n) is 9.54. The summed E-state index contributed by atoms with van der Waals surface area (Å²) in [6, 6.07) is 4.88. The number of carboxylic acids is 1. The Morgan fingerprint density at radius 2 is 2.06 bits per heavy atom. The number of hydrogen-bond acceptors (Lipinski definition) is 2. The predicted octanol–water partition coefficient (Wildman–Crippen LogP) is 1.37. The van der Waals surface area contributed by atoms with Crippen molar-refractivity contribution in [1.82, 2.24) is 4.90 Å².